The first-order valence-electron chi connectivity index (χ1n) is 7.30. The van der Waals surface area contributed by atoms with E-state index in [-0.39, 0.29) is 17.8 Å². The van der Waals surface area contributed by atoms with Crippen LogP contribution in [0.3, 0.4) is 0 Å². The fraction of sp³-hybridized carbons (Fsp3) is 0.562. The smallest absolute Gasteiger partial charge is 0.410 e. The minimum atomic E-state index is -0.512. The average Bonchev–Trinajstić information content (AvgIpc) is 2.81. The number of benzene rings is 1. The largest absolute Gasteiger partial charge is 0.444 e. The standard InChI is InChI=1S/C16H23FN2O2/c1-16(2,3)21-15(20)19-9-5-7-12(19)10-11-6-4-8-13(17)14(11)18/h4,6,8,12H,5,7,9-10,18H2,1-3H3. The number of nitrogens with two attached hydrogens (primary N) is 1. The number of carbonyl (C=O) groups is 1. The molecule has 1 atom stereocenters. The third-order valence-corrected chi connectivity index (χ3v) is 3.60. The van der Waals surface area contributed by atoms with Gasteiger partial charge in [-0.1, -0.05) is 12.1 Å². The molecule has 0 spiro atoms. The molecule has 1 aromatic carbocycles. The van der Waals surface area contributed by atoms with E-state index in [1.807, 2.05) is 26.8 Å². The van der Waals surface area contributed by atoms with Crippen LogP contribution in [0.25, 0.3) is 0 Å². The number of nitrogen functional groups attached to an aromatic ring is 1. The molecule has 4 nitrogen and oxygen atoms in total. The lowest BCUT2D eigenvalue weighted by Gasteiger charge is -2.29. The van der Waals surface area contributed by atoms with Crippen LogP contribution < -0.4 is 5.73 Å². The molecule has 2 N–H and O–H groups in total. The average molecular weight is 294 g/mol. The number of nitrogens with zero attached hydrogens (tertiary/aromatic N) is 1. The summed E-state index contributed by atoms with van der Waals surface area (Å²) in [5.41, 5.74) is 6.18. The van der Waals surface area contributed by atoms with Crippen molar-refractivity contribution in [2.45, 2.75) is 51.7 Å². The number of para-hydroxylation sites is 1. The van der Waals surface area contributed by atoms with E-state index in [4.69, 9.17) is 10.5 Å². The van der Waals surface area contributed by atoms with Crippen LogP contribution in [-0.4, -0.2) is 29.2 Å². The second kappa shape index (κ2) is 5.92. The van der Waals surface area contributed by atoms with Crippen LogP contribution in [0.1, 0.15) is 39.2 Å². The van der Waals surface area contributed by atoms with E-state index >= 15 is 0 Å². The molecule has 1 heterocycles. The number of likely N-dealkylation sites (tertiary alicyclic amines) is 1. The van der Waals surface area contributed by atoms with E-state index < -0.39 is 11.4 Å². The zero-order chi connectivity index (χ0) is 15.6. The predicted octanol–water partition coefficient (Wildman–Crippen LogP) is 3.35. The third kappa shape index (κ3) is 3.86. The van der Waals surface area contributed by atoms with Crippen molar-refractivity contribution in [2.75, 3.05) is 12.3 Å². The zero-order valence-corrected chi connectivity index (χ0v) is 12.9. The van der Waals surface area contributed by atoms with Gasteiger partial charge in [0.05, 0.1) is 5.69 Å². The maximum absolute atomic E-state index is 13.5. The predicted molar refractivity (Wildman–Crippen MR) is 80.5 cm³/mol. The topological polar surface area (TPSA) is 55.6 Å². The Bertz CT molecular complexity index is 525. The molecule has 5 heteroatoms. The van der Waals surface area contributed by atoms with E-state index in [1.165, 1.54) is 6.07 Å². The molecule has 0 aliphatic carbocycles. The van der Waals surface area contributed by atoms with Crippen molar-refractivity contribution in [2.24, 2.45) is 0 Å². The summed E-state index contributed by atoms with van der Waals surface area (Å²) in [6, 6.07) is 4.82. The molecule has 1 saturated heterocycles. The highest BCUT2D eigenvalue weighted by molar-refractivity contribution is 5.69. The summed E-state index contributed by atoms with van der Waals surface area (Å²) < 4.78 is 18.9. The van der Waals surface area contributed by atoms with Crippen LogP contribution in [0.4, 0.5) is 14.9 Å². The SMILES string of the molecule is CC(C)(C)OC(=O)N1CCCC1Cc1cccc(F)c1N. The first kappa shape index (κ1) is 15.6. The Balaban J connectivity index is 2.09. The maximum atomic E-state index is 13.5. The summed E-state index contributed by atoms with van der Waals surface area (Å²) >= 11 is 0. The number of rotatable bonds is 2. The summed E-state index contributed by atoms with van der Waals surface area (Å²) in [5, 5.41) is 0. The molecule has 1 fully saturated rings. The molecule has 1 aromatic rings. The van der Waals surface area contributed by atoms with Crippen molar-refractivity contribution in [3.8, 4) is 0 Å². The van der Waals surface area contributed by atoms with Gasteiger partial charge in [0.15, 0.2) is 0 Å². The summed E-state index contributed by atoms with van der Waals surface area (Å²) in [6.07, 6.45) is 2.07. The summed E-state index contributed by atoms with van der Waals surface area (Å²) in [5.74, 6) is -0.408. The quantitative estimate of drug-likeness (QED) is 0.851. The van der Waals surface area contributed by atoms with Crippen LogP contribution in [0.2, 0.25) is 0 Å². The van der Waals surface area contributed by atoms with Crippen LogP contribution in [0, 0.1) is 5.82 Å². The van der Waals surface area contributed by atoms with Crippen molar-refractivity contribution in [3.63, 3.8) is 0 Å². The Hall–Kier alpha value is -1.78. The number of hydrogen-bond acceptors (Lipinski definition) is 3. The van der Waals surface area contributed by atoms with Gasteiger partial charge in [-0.3, -0.25) is 0 Å². The van der Waals surface area contributed by atoms with Crippen molar-refractivity contribution < 1.29 is 13.9 Å². The molecule has 1 aliphatic rings. The van der Waals surface area contributed by atoms with Gasteiger partial charge in [0, 0.05) is 12.6 Å². The maximum Gasteiger partial charge on any atom is 0.410 e. The zero-order valence-electron chi connectivity index (χ0n) is 12.9. The highest BCUT2D eigenvalue weighted by atomic mass is 19.1. The molecule has 1 amide bonds. The molecular weight excluding hydrogens is 271 g/mol. The fourth-order valence-electron chi connectivity index (χ4n) is 2.62. The Morgan fingerprint density at radius 3 is 2.86 bits per heavy atom. The monoisotopic (exact) mass is 294 g/mol. The second-order valence-corrected chi connectivity index (χ2v) is 6.49. The summed E-state index contributed by atoms with van der Waals surface area (Å²) in [4.78, 5) is 13.9. The van der Waals surface area contributed by atoms with Gasteiger partial charge < -0.3 is 15.4 Å². The van der Waals surface area contributed by atoms with Gasteiger partial charge in [-0.2, -0.15) is 0 Å². The van der Waals surface area contributed by atoms with E-state index in [1.54, 1.807) is 11.0 Å². The molecule has 0 saturated carbocycles. The molecule has 1 aliphatic heterocycles. The molecule has 21 heavy (non-hydrogen) atoms. The van der Waals surface area contributed by atoms with Crippen molar-refractivity contribution >= 4 is 11.8 Å². The van der Waals surface area contributed by atoms with Crippen molar-refractivity contribution in [1.82, 2.24) is 4.90 Å². The van der Waals surface area contributed by atoms with Gasteiger partial charge >= 0.3 is 6.09 Å². The Morgan fingerprint density at radius 2 is 2.19 bits per heavy atom. The Morgan fingerprint density at radius 1 is 1.48 bits per heavy atom. The minimum absolute atomic E-state index is 0.0175. The number of amides is 1. The van der Waals surface area contributed by atoms with E-state index in [0.717, 1.165) is 18.4 Å². The van der Waals surface area contributed by atoms with Crippen LogP contribution in [0.15, 0.2) is 18.2 Å². The number of carbonyl (C=O) groups excluding carboxylic acids is 1. The lowest BCUT2D eigenvalue weighted by atomic mass is 10.0. The lowest BCUT2D eigenvalue weighted by Crippen LogP contribution is -2.40. The minimum Gasteiger partial charge on any atom is -0.444 e. The first-order valence-corrected chi connectivity index (χ1v) is 7.30. The number of hydrogen-bond donors (Lipinski definition) is 1. The van der Waals surface area contributed by atoms with E-state index in [0.29, 0.717) is 13.0 Å². The Kier molecular flexibility index (Phi) is 4.40. The van der Waals surface area contributed by atoms with E-state index in [9.17, 15) is 9.18 Å². The van der Waals surface area contributed by atoms with E-state index in [2.05, 4.69) is 0 Å². The highest BCUT2D eigenvalue weighted by Gasteiger charge is 2.32. The van der Waals surface area contributed by atoms with Crippen molar-refractivity contribution in [3.05, 3.63) is 29.6 Å². The van der Waals surface area contributed by atoms with Crippen LogP contribution >= 0.6 is 0 Å². The molecule has 2 rings (SSSR count). The summed E-state index contributed by atoms with van der Waals surface area (Å²) in [7, 11) is 0. The van der Waals surface area contributed by atoms with Crippen LogP contribution in [-0.2, 0) is 11.2 Å². The second-order valence-electron chi connectivity index (χ2n) is 6.49. The third-order valence-electron chi connectivity index (χ3n) is 3.60. The molecule has 116 valence electrons. The van der Waals surface area contributed by atoms with Gasteiger partial charge in [0.1, 0.15) is 11.4 Å². The summed E-state index contributed by atoms with van der Waals surface area (Å²) in [6.45, 7) is 6.22. The Labute approximate surface area is 125 Å². The number of ether oxygens (including phenoxy) is 1. The van der Waals surface area contributed by atoms with Gasteiger partial charge in [-0.05, 0) is 51.7 Å². The fourth-order valence-corrected chi connectivity index (χ4v) is 2.62. The van der Waals surface area contributed by atoms with Gasteiger partial charge in [0.2, 0.25) is 0 Å². The normalized spacial score (nSPS) is 18.9. The van der Waals surface area contributed by atoms with Gasteiger partial charge in [-0.25, -0.2) is 9.18 Å². The van der Waals surface area contributed by atoms with Gasteiger partial charge in [-0.15, -0.1) is 0 Å². The molecular formula is C16H23FN2O2. The molecule has 0 radical (unpaired) electrons. The van der Waals surface area contributed by atoms with Crippen LogP contribution in [0.5, 0.6) is 0 Å². The number of anilines is 1. The first-order chi connectivity index (χ1) is 9.78. The molecule has 0 bridgehead atoms. The van der Waals surface area contributed by atoms with Crippen molar-refractivity contribution in [1.29, 1.82) is 0 Å². The highest BCUT2D eigenvalue weighted by Crippen LogP contribution is 2.26. The van der Waals surface area contributed by atoms with Gasteiger partial charge in [0.25, 0.3) is 0 Å². The number of halogens is 1. The lowest BCUT2D eigenvalue weighted by molar-refractivity contribution is 0.0227. The molecule has 1 unspecified atom stereocenters. The molecule has 0 aromatic heterocycles.